The molecule has 1 aliphatic heterocycles. The molecule has 2 heterocycles. The Morgan fingerprint density at radius 2 is 1.81 bits per heavy atom. The molecule has 1 fully saturated rings. The van der Waals surface area contributed by atoms with E-state index in [0.29, 0.717) is 11.8 Å². The van der Waals surface area contributed by atoms with Crippen molar-refractivity contribution in [1.82, 2.24) is 30.8 Å². The van der Waals surface area contributed by atoms with Crippen molar-refractivity contribution in [3.8, 4) is 17.4 Å². The zero-order valence-electron chi connectivity index (χ0n) is 15.2. The smallest absolute Gasteiger partial charge is 0.345 e. The van der Waals surface area contributed by atoms with Gasteiger partial charge in [0.2, 0.25) is 0 Å². The van der Waals surface area contributed by atoms with Crippen LogP contribution in [0.5, 0.6) is 11.8 Å². The first-order valence-electron chi connectivity index (χ1n) is 9.40. The maximum absolute atomic E-state index is 5.86. The van der Waals surface area contributed by atoms with Gasteiger partial charge in [0.15, 0.2) is 0 Å². The molecule has 0 spiro atoms. The molecule has 1 saturated heterocycles. The molecule has 0 amide bonds. The molecule has 0 atom stereocenters. The first-order chi connectivity index (χ1) is 13.4. The van der Waals surface area contributed by atoms with Gasteiger partial charge in [-0.2, -0.15) is 4.68 Å². The number of para-hydroxylation sites is 1. The lowest BCUT2D eigenvalue weighted by Crippen LogP contribution is -2.33. The average Bonchev–Trinajstić information content (AvgIpc) is 3.19. The fourth-order valence-electron chi connectivity index (χ4n) is 3.26. The maximum atomic E-state index is 5.86. The molecule has 7 nitrogen and oxygen atoms in total. The third kappa shape index (κ3) is 4.69. The van der Waals surface area contributed by atoms with Gasteiger partial charge in [-0.1, -0.05) is 35.4 Å². The summed E-state index contributed by atoms with van der Waals surface area (Å²) in [6.07, 6.45) is 2.52. The second-order valence-corrected chi connectivity index (χ2v) is 6.78. The van der Waals surface area contributed by atoms with Gasteiger partial charge in [0.1, 0.15) is 5.75 Å². The van der Waals surface area contributed by atoms with E-state index in [9.17, 15) is 0 Å². The van der Waals surface area contributed by atoms with Gasteiger partial charge < -0.3 is 15.4 Å². The van der Waals surface area contributed by atoms with E-state index in [1.807, 2.05) is 42.5 Å². The topological polar surface area (TPSA) is 76.9 Å². The minimum Gasteiger partial charge on any atom is -0.423 e. The number of aromatic nitrogens is 4. The number of ether oxygens (including phenoxy) is 1. The Labute approximate surface area is 158 Å². The Bertz CT molecular complexity index is 827. The van der Waals surface area contributed by atoms with Crippen LogP contribution in [0.15, 0.2) is 54.6 Å². The number of nitrogens with zero attached hydrogens (tertiary/aromatic N) is 4. The number of rotatable bonds is 7. The van der Waals surface area contributed by atoms with E-state index in [1.54, 1.807) is 4.68 Å². The van der Waals surface area contributed by atoms with Crippen molar-refractivity contribution in [1.29, 1.82) is 0 Å². The van der Waals surface area contributed by atoms with E-state index in [1.165, 1.54) is 18.4 Å². The van der Waals surface area contributed by atoms with Crippen molar-refractivity contribution in [3.63, 3.8) is 0 Å². The fraction of sp³-hybridized carbons (Fsp3) is 0.350. The highest BCUT2D eigenvalue weighted by atomic mass is 16.5. The van der Waals surface area contributed by atoms with E-state index >= 15 is 0 Å². The van der Waals surface area contributed by atoms with E-state index in [0.717, 1.165) is 37.8 Å². The van der Waals surface area contributed by atoms with Gasteiger partial charge in [0, 0.05) is 6.54 Å². The minimum atomic E-state index is 0.345. The summed E-state index contributed by atoms with van der Waals surface area (Å²) in [6, 6.07) is 18.1. The normalized spacial score (nSPS) is 15.0. The van der Waals surface area contributed by atoms with Crippen LogP contribution in [0.1, 0.15) is 18.4 Å². The number of piperidine rings is 1. The van der Waals surface area contributed by atoms with Crippen molar-refractivity contribution in [2.75, 3.05) is 19.6 Å². The fourth-order valence-corrected chi connectivity index (χ4v) is 3.26. The van der Waals surface area contributed by atoms with Crippen LogP contribution >= 0.6 is 0 Å². The lowest BCUT2D eigenvalue weighted by Gasteiger charge is -2.22. The van der Waals surface area contributed by atoms with E-state index in [-0.39, 0.29) is 0 Å². The molecule has 0 unspecified atom stereocenters. The largest absolute Gasteiger partial charge is 0.423 e. The molecule has 0 aliphatic carbocycles. The molecular weight excluding hydrogens is 340 g/mol. The molecule has 27 heavy (non-hydrogen) atoms. The van der Waals surface area contributed by atoms with Gasteiger partial charge in [0.25, 0.3) is 0 Å². The summed E-state index contributed by atoms with van der Waals surface area (Å²) >= 11 is 0. The number of hydrogen-bond acceptors (Lipinski definition) is 6. The van der Waals surface area contributed by atoms with Gasteiger partial charge in [-0.05, 0) is 78.6 Å². The summed E-state index contributed by atoms with van der Waals surface area (Å²) in [5.74, 6) is 1.50. The van der Waals surface area contributed by atoms with E-state index in [4.69, 9.17) is 4.74 Å². The molecule has 0 bridgehead atoms. The Morgan fingerprint density at radius 1 is 1.04 bits per heavy atom. The van der Waals surface area contributed by atoms with Crippen molar-refractivity contribution in [2.45, 2.75) is 19.4 Å². The molecule has 2 aromatic carbocycles. The van der Waals surface area contributed by atoms with Crippen molar-refractivity contribution in [2.24, 2.45) is 5.92 Å². The van der Waals surface area contributed by atoms with Crippen LogP contribution in [0.4, 0.5) is 0 Å². The van der Waals surface area contributed by atoms with E-state index in [2.05, 4.69) is 38.3 Å². The zero-order valence-corrected chi connectivity index (χ0v) is 15.2. The molecule has 0 radical (unpaired) electrons. The van der Waals surface area contributed by atoms with Crippen LogP contribution in [0.25, 0.3) is 5.69 Å². The monoisotopic (exact) mass is 364 g/mol. The second-order valence-electron chi connectivity index (χ2n) is 6.78. The lowest BCUT2D eigenvalue weighted by molar-refractivity contribution is 0.356. The molecule has 4 rings (SSSR count). The zero-order chi connectivity index (χ0) is 18.3. The predicted octanol–water partition coefficient (Wildman–Crippen LogP) is 2.54. The summed E-state index contributed by atoms with van der Waals surface area (Å²) in [7, 11) is 0. The predicted molar refractivity (Wildman–Crippen MR) is 103 cm³/mol. The van der Waals surface area contributed by atoms with Gasteiger partial charge in [-0.3, -0.25) is 0 Å². The average molecular weight is 364 g/mol. The third-order valence-electron chi connectivity index (χ3n) is 4.80. The summed E-state index contributed by atoms with van der Waals surface area (Å²) in [4.78, 5) is 0. The van der Waals surface area contributed by atoms with Gasteiger partial charge in [0.05, 0.1) is 5.69 Å². The first-order valence-corrected chi connectivity index (χ1v) is 9.40. The Morgan fingerprint density at radius 3 is 2.59 bits per heavy atom. The molecule has 7 heteroatoms. The summed E-state index contributed by atoms with van der Waals surface area (Å²) < 4.78 is 7.44. The summed E-state index contributed by atoms with van der Waals surface area (Å²) in [5.41, 5.74) is 2.09. The molecule has 0 saturated carbocycles. The highest BCUT2D eigenvalue weighted by Gasteiger charge is 2.12. The number of benzene rings is 2. The molecule has 2 N–H and O–H groups in total. The Hall–Kier alpha value is -2.77. The first kappa shape index (κ1) is 17.6. The van der Waals surface area contributed by atoms with Crippen molar-refractivity contribution in [3.05, 3.63) is 60.2 Å². The van der Waals surface area contributed by atoms with E-state index < -0.39 is 0 Å². The molecule has 1 aliphatic rings. The van der Waals surface area contributed by atoms with Crippen molar-refractivity contribution < 1.29 is 4.74 Å². The van der Waals surface area contributed by atoms with Crippen LogP contribution in [-0.4, -0.2) is 39.8 Å². The van der Waals surface area contributed by atoms with Crippen LogP contribution in [0.2, 0.25) is 0 Å². The van der Waals surface area contributed by atoms with Crippen LogP contribution in [0, 0.1) is 5.92 Å². The van der Waals surface area contributed by atoms with Gasteiger partial charge in [-0.25, -0.2) is 0 Å². The molecule has 3 aromatic rings. The Balaban J connectivity index is 1.33. The SMILES string of the molecule is c1ccc(-n2nnnc2Oc2ccc(CNCC3CCNCC3)cc2)cc1. The number of tetrazole rings is 1. The number of hydrogen-bond donors (Lipinski definition) is 2. The summed E-state index contributed by atoms with van der Waals surface area (Å²) in [6.45, 7) is 4.22. The minimum absolute atomic E-state index is 0.345. The van der Waals surface area contributed by atoms with Gasteiger partial charge >= 0.3 is 6.01 Å². The quantitative estimate of drug-likeness (QED) is 0.671. The molecule has 1 aromatic heterocycles. The number of nitrogens with one attached hydrogen (secondary N) is 2. The highest BCUT2D eigenvalue weighted by Crippen LogP contribution is 2.21. The van der Waals surface area contributed by atoms with Crippen molar-refractivity contribution >= 4 is 0 Å². The van der Waals surface area contributed by atoms with Crippen LogP contribution in [0.3, 0.4) is 0 Å². The van der Waals surface area contributed by atoms with Crippen LogP contribution < -0.4 is 15.4 Å². The molecular formula is C20H24N6O. The molecule has 140 valence electrons. The standard InChI is InChI=1S/C20H24N6O/c1-2-4-18(5-3-1)26-20(23-24-25-26)27-19-8-6-16(7-9-19)14-22-15-17-10-12-21-13-11-17/h1-9,17,21-22H,10-15H2. The van der Waals surface area contributed by atoms with Gasteiger partial charge in [-0.15, -0.1) is 0 Å². The maximum Gasteiger partial charge on any atom is 0.345 e. The third-order valence-corrected chi connectivity index (χ3v) is 4.80. The summed E-state index contributed by atoms with van der Waals surface area (Å²) in [5, 5.41) is 18.7. The lowest BCUT2D eigenvalue weighted by atomic mass is 9.98. The Kier molecular flexibility index (Phi) is 5.71. The van der Waals surface area contributed by atoms with Crippen LogP contribution in [-0.2, 0) is 6.54 Å². The highest BCUT2D eigenvalue weighted by molar-refractivity contribution is 5.34. The second kappa shape index (κ2) is 8.75.